The van der Waals surface area contributed by atoms with E-state index in [-0.39, 0.29) is 35.9 Å². The molecule has 0 radical (unpaired) electrons. The summed E-state index contributed by atoms with van der Waals surface area (Å²) >= 11 is 0. The molecule has 1 fully saturated rings. The number of anilines is 1. The normalized spacial score (nSPS) is 16.7. The number of hydrogen-bond acceptors (Lipinski definition) is 4. The average molecular weight is 527 g/mol. The molecule has 1 aliphatic heterocycles. The van der Waals surface area contributed by atoms with E-state index in [4.69, 9.17) is 9.73 Å². The van der Waals surface area contributed by atoms with Crippen molar-refractivity contribution in [3.63, 3.8) is 0 Å². The van der Waals surface area contributed by atoms with Crippen LogP contribution in [-0.4, -0.2) is 55.2 Å². The highest BCUT2D eigenvalue weighted by molar-refractivity contribution is 14.0. The van der Waals surface area contributed by atoms with Crippen LogP contribution < -0.4 is 10.2 Å². The molecule has 2 aromatic rings. The van der Waals surface area contributed by atoms with Crippen molar-refractivity contribution in [2.24, 2.45) is 4.99 Å². The summed E-state index contributed by atoms with van der Waals surface area (Å²) in [6, 6.07) is 10.7. The van der Waals surface area contributed by atoms with Crippen molar-refractivity contribution in [2.45, 2.75) is 33.0 Å². The summed E-state index contributed by atoms with van der Waals surface area (Å²) < 4.78 is 18.7. The molecule has 1 atom stereocenters. The van der Waals surface area contributed by atoms with Gasteiger partial charge < -0.3 is 19.9 Å². The Labute approximate surface area is 195 Å². The molecular weight excluding hydrogens is 496 g/mol. The maximum atomic E-state index is 13.1. The van der Waals surface area contributed by atoms with Crippen LogP contribution in [0.3, 0.4) is 0 Å². The number of ether oxygens (including phenoxy) is 1. The van der Waals surface area contributed by atoms with Crippen LogP contribution >= 0.6 is 24.0 Å². The topological polar surface area (TPSA) is 53.0 Å². The summed E-state index contributed by atoms with van der Waals surface area (Å²) in [4.78, 5) is 13.6. The van der Waals surface area contributed by atoms with Crippen molar-refractivity contribution in [2.75, 3.05) is 38.2 Å². The molecule has 0 spiro atoms. The zero-order valence-corrected chi connectivity index (χ0v) is 20.2. The van der Waals surface area contributed by atoms with Crippen LogP contribution in [0.25, 0.3) is 0 Å². The minimum absolute atomic E-state index is 0. The highest BCUT2D eigenvalue weighted by atomic mass is 127. The van der Waals surface area contributed by atoms with Gasteiger partial charge >= 0.3 is 0 Å². The van der Waals surface area contributed by atoms with Gasteiger partial charge in [0.25, 0.3) is 0 Å². The van der Waals surface area contributed by atoms with E-state index in [1.54, 1.807) is 12.1 Å². The van der Waals surface area contributed by atoms with Crippen molar-refractivity contribution in [1.29, 1.82) is 0 Å². The van der Waals surface area contributed by atoms with Crippen molar-refractivity contribution in [3.8, 4) is 0 Å². The fourth-order valence-corrected chi connectivity index (χ4v) is 3.30. The minimum atomic E-state index is -0.223. The first-order valence-electron chi connectivity index (χ1n) is 10.1. The van der Waals surface area contributed by atoms with Gasteiger partial charge in [-0.25, -0.2) is 14.4 Å². The number of benzene rings is 1. The highest BCUT2D eigenvalue weighted by Gasteiger charge is 2.17. The van der Waals surface area contributed by atoms with E-state index in [0.29, 0.717) is 13.1 Å². The van der Waals surface area contributed by atoms with Crippen molar-refractivity contribution < 1.29 is 9.13 Å². The van der Waals surface area contributed by atoms with Crippen LogP contribution in [0, 0.1) is 5.82 Å². The van der Waals surface area contributed by atoms with E-state index < -0.39 is 0 Å². The number of aromatic nitrogens is 1. The maximum absolute atomic E-state index is 13.1. The summed E-state index contributed by atoms with van der Waals surface area (Å²) in [7, 11) is 1.98. The fourth-order valence-electron chi connectivity index (χ4n) is 3.30. The summed E-state index contributed by atoms with van der Waals surface area (Å²) in [5.74, 6) is 1.57. The van der Waals surface area contributed by atoms with Gasteiger partial charge in [-0.05, 0) is 43.2 Å². The Morgan fingerprint density at radius 1 is 1.27 bits per heavy atom. The molecule has 6 nitrogen and oxygen atoms in total. The zero-order chi connectivity index (χ0) is 20.6. The Kier molecular flexibility index (Phi) is 9.77. The number of morpholine rings is 1. The van der Waals surface area contributed by atoms with Gasteiger partial charge in [0, 0.05) is 39.4 Å². The second kappa shape index (κ2) is 12.0. The Hall–Kier alpha value is -1.94. The highest BCUT2D eigenvalue weighted by Crippen LogP contribution is 2.16. The molecule has 1 unspecified atom stereocenters. The first-order valence-corrected chi connectivity index (χ1v) is 10.1. The predicted octanol–water partition coefficient (Wildman–Crippen LogP) is 3.66. The van der Waals surface area contributed by atoms with Crippen LogP contribution in [0.4, 0.5) is 10.2 Å². The molecule has 0 bridgehead atoms. The number of pyridine rings is 1. The van der Waals surface area contributed by atoms with Gasteiger partial charge in [-0.2, -0.15) is 0 Å². The van der Waals surface area contributed by atoms with E-state index in [9.17, 15) is 4.39 Å². The number of halogens is 2. The third-order valence-electron chi connectivity index (χ3n) is 4.82. The number of hydrogen-bond donors (Lipinski definition) is 1. The number of aliphatic imine (C=N–C) groups is 1. The molecule has 1 N–H and O–H groups in total. The smallest absolute Gasteiger partial charge is 0.194 e. The quantitative estimate of drug-likeness (QED) is 0.353. The lowest BCUT2D eigenvalue weighted by molar-refractivity contribution is 0.0529. The third kappa shape index (κ3) is 7.09. The van der Waals surface area contributed by atoms with Gasteiger partial charge in [-0.1, -0.05) is 18.2 Å². The van der Waals surface area contributed by atoms with Gasteiger partial charge in [0.2, 0.25) is 0 Å². The Balaban J connectivity index is 0.00000320. The number of nitrogens with one attached hydrogen (secondary N) is 1. The second-order valence-corrected chi connectivity index (χ2v) is 7.30. The van der Waals surface area contributed by atoms with E-state index in [1.165, 1.54) is 12.1 Å². The van der Waals surface area contributed by atoms with Crippen LogP contribution in [0.5, 0.6) is 0 Å². The molecule has 0 saturated carbocycles. The number of rotatable bonds is 6. The lowest BCUT2D eigenvalue weighted by Crippen LogP contribution is -2.41. The Morgan fingerprint density at radius 2 is 2.00 bits per heavy atom. The standard InChI is InChI=1S/C22H30FN5O.HI/c1-4-24-22(27(3)16-18-5-8-20(23)9-6-18)26-14-19-7-10-21(25-13-19)28-11-12-29-17(2)15-28;/h5-10,13,17H,4,11-12,14-16H2,1-3H3,(H,24,26);1H. The first kappa shape index (κ1) is 24.3. The van der Waals surface area contributed by atoms with E-state index in [1.807, 2.05) is 25.1 Å². The minimum Gasteiger partial charge on any atom is -0.375 e. The molecule has 2 heterocycles. The molecule has 1 aliphatic rings. The van der Waals surface area contributed by atoms with Gasteiger partial charge in [0.05, 0.1) is 19.3 Å². The van der Waals surface area contributed by atoms with Crippen molar-refractivity contribution in [3.05, 3.63) is 59.5 Å². The van der Waals surface area contributed by atoms with Gasteiger partial charge in [0.1, 0.15) is 11.6 Å². The molecule has 0 aliphatic carbocycles. The predicted molar refractivity (Wildman–Crippen MR) is 130 cm³/mol. The van der Waals surface area contributed by atoms with E-state index >= 15 is 0 Å². The van der Waals surface area contributed by atoms with E-state index in [0.717, 1.165) is 49.1 Å². The summed E-state index contributed by atoms with van der Waals surface area (Å²) in [5.41, 5.74) is 2.09. The summed E-state index contributed by atoms with van der Waals surface area (Å²) in [6.45, 7) is 8.57. The monoisotopic (exact) mass is 527 g/mol. The summed E-state index contributed by atoms with van der Waals surface area (Å²) in [5, 5.41) is 3.31. The SMILES string of the molecule is CCNC(=NCc1ccc(N2CCOC(C)C2)nc1)N(C)Cc1ccc(F)cc1.I. The van der Waals surface area contributed by atoms with Crippen molar-refractivity contribution >= 4 is 35.8 Å². The van der Waals surface area contributed by atoms with Gasteiger partial charge in [-0.15, -0.1) is 24.0 Å². The molecule has 1 aromatic carbocycles. The average Bonchev–Trinajstić information content (AvgIpc) is 2.73. The van der Waals surface area contributed by atoms with Crippen LogP contribution in [-0.2, 0) is 17.8 Å². The Bertz CT molecular complexity index is 800. The first-order chi connectivity index (χ1) is 14.0. The zero-order valence-electron chi connectivity index (χ0n) is 17.8. The number of guanidine groups is 1. The van der Waals surface area contributed by atoms with Crippen molar-refractivity contribution in [1.82, 2.24) is 15.2 Å². The molecular formula is C22H31FIN5O. The molecule has 1 saturated heterocycles. The van der Waals surface area contributed by atoms with Crippen LogP contribution in [0.1, 0.15) is 25.0 Å². The molecule has 1 aromatic heterocycles. The fraction of sp³-hybridized carbons (Fsp3) is 0.455. The molecule has 0 amide bonds. The summed E-state index contributed by atoms with van der Waals surface area (Å²) in [6.07, 6.45) is 2.12. The molecule has 8 heteroatoms. The lowest BCUT2D eigenvalue weighted by atomic mass is 10.2. The molecule has 3 rings (SSSR count). The van der Waals surface area contributed by atoms with Crippen LogP contribution in [0.15, 0.2) is 47.6 Å². The van der Waals surface area contributed by atoms with Gasteiger partial charge in [0.15, 0.2) is 5.96 Å². The third-order valence-corrected chi connectivity index (χ3v) is 4.82. The maximum Gasteiger partial charge on any atom is 0.194 e. The van der Waals surface area contributed by atoms with Crippen LogP contribution in [0.2, 0.25) is 0 Å². The lowest BCUT2D eigenvalue weighted by Gasteiger charge is -2.32. The van der Waals surface area contributed by atoms with Gasteiger partial charge in [-0.3, -0.25) is 0 Å². The number of nitrogens with zero attached hydrogens (tertiary/aromatic N) is 4. The largest absolute Gasteiger partial charge is 0.375 e. The molecule has 164 valence electrons. The van der Waals surface area contributed by atoms with E-state index in [2.05, 4.69) is 34.3 Å². The second-order valence-electron chi connectivity index (χ2n) is 7.30. The Morgan fingerprint density at radius 3 is 2.63 bits per heavy atom. The molecule has 30 heavy (non-hydrogen) atoms.